The van der Waals surface area contributed by atoms with Crippen LogP contribution in [0.2, 0.25) is 0 Å². The van der Waals surface area contributed by atoms with Crippen LogP contribution in [0.15, 0.2) is 41.1 Å². The molecule has 1 atom stereocenters. The van der Waals surface area contributed by atoms with Crippen molar-refractivity contribution < 1.29 is 4.79 Å². The van der Waals surface area contributed by atoms with Gasteiger partial charge in [0.25, 0.3) is 5.91 Å². The Bertz CT molecular complexity index is 638. The van der Waals surface area contributed by atoms with E-state index in [4.69, 9.17) is 0 Å². The molecule has 0 unspecified atom stereocenters. The minimum Gasteiger partial charge on any atom is -0.310 e. The first-order chi connectivity index (χ1) is 9.66. The Balaban J connectivity index is 1.88. The number of anilines is 1. The summed E-state index contributed by atoms with van der Waals surface area (Å²) in [6.45, 7) is 2.67. The van der Waals surface area contributed by atoms with Crippen LogP contribution >= 0.6 is 15.9 Å². The molecular formula is C15H16BrN3O. The lowest BCUT2D eigenvalue weighted by Gasteiger charge is -2.31. The Morgan fingerprint density at radius 1 is 1.40 bits per heavy atom. The highest BCUT2D eigenvalue weighted by Crippen LogP contribution is 2.28. The van der Waals surface area contributed by atoms with Crippen molar-refractivity contribution in [2.24, 2.45) is 0 Å². The maximum absolute atomic E-state index is 12.7. The number of nitrogens with zero attached hydrogens (tertiary/aromatic N) is 3. The van der Waals surface area contributed by atoms with Gasteiger partial charge in [0.05, 0.1) is 10.7 Å². The lowest BCUT2D eigenvalue weighted by molar-refractivity contribution is -0.121. The van der Waals surface area contributed by atoms with E-state index in [0.717, 1.165) is 29.5 Å². The third-order valence-electron chi connectivity index (χ3n) is 3.70. The van der Waals surface area contributed by atoms with Gasteiger partial charge in [-0.05, 0) is 47.3 Å². The number of rotatable bonds is 2. The highest BCUT2D eigenvalue weighted by molar-refractivity contribution is 9.10. The van der Waals surface area contributed by atoms with Crippen LogP contribution < -0.4 is 4.90 Å². The fourth-order valence-corrected chi connectivity index (χ4v) is 2.93. The summed E-state index contributed by atoms with van der Waals surface area (Å²) in [4.78, 5) is 14.6. The Kier molecular flexibility index (Phi) is 3.61. The van der Waals surface area contributed by atoms with Gasteiger partial charge in [-0.3, -0.25) is 9.48 Å². The van der Waals surface area contributed by atoms with Crippen molar-refractivity contribution in [3.63, 3.8) is 0 Å². The SMILES string of the molecule is C[C@H](C(=O)N1CCCc2ccccc21)n1cc(Br)cn1. The molecule has 0 saturated carbocycles. The topological polar surface area (TPSA) is 38.1 Å². The number of para-hydroxylation sites is 1. The predicted molar refractivity (Wildman–Crippen MR) is 81.8 cm³/mol. The summed E-state index contributed by atoms with van der Waals surface area (Å²) >= 11 is 3.36. The van der Waals surface area contributed by atoms with Crippen molar-refractivity contribution in [2.45, 2.75) is 25.8 Å². The number of hydrogen-bond donors (Lipinski definition) is 0. The fourth-order valence-electron chi connectivity index (χ4n) is 2.63. The van der Waals surface area contributed by atoms with Gasteiger partial charge in [-0.15, -0.1) is 0 Å². The first-order valence-electron chi connectivity index (χ1n) is 6.76. The van der Waals surface area contributed by atoms with Crippen LogP contribution in [0.1, 0.15) is 24.9 Å². The molecule has 1 aromatic heterocycles. The van der Waals surface area contributed by atoms with Crippen LogP contribution in [0.4, 0.5) is 5.69 Å². The molecule has 1 aliphatic rings. The molecule has 0 spiro atoms. The molecule has 1 amide bonds. The summed E-state index contributed by atoms with van der Waals surface area (Å²) in [5.74, 6) is 0.0905. The first-order valence-corrected chi connectivity index (χ1v) is 7.55. The predicted octanol–water partition coefficient (Wildman–Crippen LogP) is 3.19. The Hall–Kier alpha value is -1.62. The van der Waals surface area contributed by atoms with E-state index in [0.29, 0.717) is 0 Å². The molecule has 1 aliphatic heterocycles. The second kappa shape index (κ2) is 5.40. The molecule has 0 fully saturated rings. The summed E-state index contributed by atoms with van der Waals surface area (Å²) in [5.41, 5.74) is 2.29. The van der Waals surface area contributed by atoms with Crippen LogP contribution in [-0.2, 0) is 11.2 Å². The van der Waals surface area contributed by atoms with Gasteiger partial charge >= 0.3 is 0 Å². The molecule has 0 bridgehead atoms. The smallest absolute Gasteiger partial charge is 0.251 e. The van der Waals surface area contributed by atoms with E-state index in [1.165, 1.54) is 5.56 Å². The molecule has 0 aliphatic carbocycles. The lowest BCUT2D eigenvalue weighted by Crippen LogP contribution is -2.39. The van der Waals surface area contributed by atoms with Crippen molar-refractivity contribution in [1.29, 1.82) is 0 Å². The third-order valence-corrected chi connectivity index (χ3v) is 4.11. The number of amides is 1. The van der Waals surface area contributed by atoms with Gasteiger partial charge in [-0.25, -0.2) is 0 Å². The van der Waals surface area contributed by atoms with Gasteiger partial charge in [-0.1, -0.05) is 18.2 Å². The molecule has 2 aromatic rings. The van der Waals surface area contributed by atoms with Gasteiger partial charge in [0.1, 0.15) is 6.04 Å². The maximum atomic E-state index is 12.7. The van der Waals surface area contributed by atoms with Crippen molar-refractivity contribution in [3.05, 3.63) is 46.7 Å². The molecule has 104 valence electrons. The summed E-state index contributed by atoms with van der Waals surface area (Å²) in [5, 5.41) is 4.21. The van der Waals surface area contributed by atoms with Gasteiger partial charge in [0.15, 0.2) is 0 Å². The van der Waals surface area contributed by atoms with Crippen LogP contribution in [0.3, 0.4) is 0 Å². The number of aromatic nitrogens is 2. The third kappa shape index (κ3) is 2.38. The van der Waals surface area contributed by atoms with Crippen LogP contribution in [0, 0.1) is 0 Å². The van der Waals surface area contributed by atoms with Crippen molar-refractivity contribution in [3.8, 4) is 0 Å². The summed E-state index contributed by atoms with van der Waals surface area (Å²) < 4.78 is 2.58. The zero-order valence-electron chi connectivity index (χ0n) is 11.3. The molecule has 4 nitrogen and oxygen atoms in total. The van der Waals surface area contributed by atoms with Gasteiger partial charge in [0.2, 0.25) is 0 Å². The largest absolute Gasteiger partial charge is 0.310 e. The van der Waals surface area contributed by atoms with Crippen LogP contribution in [0.5, 0.6) is 0 Å². The van der Waals surface area contributed by atoms with Gasteiger partial charge in [-0.2, -0.15) is 5.10 Å². The normalized spacial score (nSPS) is 15.8. The monoisotopic (exact) mass is 333 g/mol. The molecule has 2 heterocycles. The summed E-state index contributed by atoms with van der Waals surface area (Å²) in [6.07, 6.45) is 5.59. The van der Waals surface area contributed by atoms with Crippen LogP contribution in [-0.4, -0.2) is 22.2 Å². The molecule has 20 heavy (non-hydrogen) atoms. The fraction of sp³-hybridized carbons (Fsp3) is 0.333. The van der Waals surface area contributed by atoms with E-state index in [1.54, 1.807) is 10.9 Å². The zero-order valence-corrected chi connectivity index (χ0v) is 12.9. The second-order valence-corrected chi connectivity index (χ2v) is 5.95. The van der Waals surface area contributed by atoms with E-state index in [2.05, 4.69) is 27.1 Å². The molecule has 3 rings (SSSR count). The average molecular weight is 334 g/mol. The Morgan fingerprint density at radius 2 is 2.20 bits per heavy atom. The number of hydrogen-bond acceptors (Lipinski definition) is 2. The maximum Gasteiger partial charge on any atom is 0.251 e. The zero-order chi connectivity index (χ0) is 14.1. The average Bonchev–Trinajstić information content (AvgIpc) is 2.91. The van der Waals surface area contributed by atoms with E-state index >= 15 is 0 Å². The minimum absolute atomic E-state index is 0.0905. The van der Waals surface area contributed by atoms with Gasteiger partial charge in [0, 0.05) is 18.4 Å². The quantitative estimate of drug-likeness (QED) is 0.846. The van der Waals surface area contributed by atoms with E-state index in [9.17, 15) is 4.79 Å². The lowest BCUT2D eigenvalue weighted by atomic mass is 10.0. The molecule has 5 heteroatoms. The summed E-state index contributed by atoms with van der Waals surface area (Å²) in [6, 6.07) is 7.84. The number of fused-ring (bicyclic) bond motifs is 1. The number of aryl methyl sites for hydroxylation is 1. The second-order valence-electron chi connectivity index (χ2n) is 5.04. The minimum atomic E-state index is -0.299. The molecule has 0 radical (unpaired) electrons. The Morgan fingerprint density at radius 3 is 2.95 bits per heavy atom. The van der Waals surface area contributed by atoms with E-state index < -0.39 is 0 Å². The molecule has 1 aromatic carbocycles. The highest BCUT2D eigenvalue weighted by Gasteiger charge is 2.27. The van der Waals surface area contributed by atoms with Crippen molar-refractivity contribution >= 4 is 27.5 Å². The highest BCUT2D eigenvalue weighted by atomic mass is 79.9. The number of carbonyl (C=O) groups is 1. The molecular weight excluding hydrogens is 318 g/mol. The first kappa shape index (κ1) is 13.4. The van der Waals surface area contributed by atoms with Crippen molar-refractivity contribution in [2.75, 3.05) is 11.4 Å². The molecule has 0 N–H and O–H groups in total. The number of halogens is 1. The Labute approximate surface area is 126 Å². The summed E-state index contributed by atoms with van der Waals surface area (Å²) in [7, 11) is 0. The van der Waals surface area contributed by atoms with Gasteiger partial charge < -0.3 is 4.90 Å². The standard InChI is InChI=1S/C15H16BrN3O/c1-11(19-10-13(16)9-17-19)15(20)18-8-4-6-12-5-2-3-7-14(12)18/h2-3,5,7,9-11H,4,6,8H2,1H3/t11-/m1/s1. The van der Waals surface area contributed by atoms with Crippen molar-refractivity contribution in [1.82, 2.24) is 9.78 Å². The number of benzene rings is 1. The number of carbonyl (C=O) groups excluding carboxylic acids is 1. The van der Waals surface area contributed by atoms with E-state index in [1.807, 2.05) is 36.2 Å². The van der Waals surface area contributed by atoms with E-state index in [-0.39, 0.29) is 11.9 Å². The van der Waals surface area contributed by atoms with Crippen LogP contribution in [0.25, 0.3) is 0 Å². The molecule has 0 saturated heterocycles.